The molecule has 0 aliphatic rings. The summed E-state index contributed by atoms with van der Waals surface area (Å²) in [5, 5.41) is 10.1. The molecule has 0 saturated heterocycles. The Morgan fingerprint density at radius 1 is 1.33 bits per heavy atom. The first-order valence-corrected chi connectivity index (χ1v) is 6.13. The van der Waals surface area contributed by atoms with Crippen LogP contribution in [0.4, 0.5) is 0 Å². The fraction of sp³-hybridized carbons (Fsp3) is 0.308. The molecule has 5 heteroatoms. The van der Waals surface area contributed by atoms with Crippen molar-refractivity contribution in [3.05, 3.63) is 40.8 Å². The molecular weight excluding hydrogens is 256 g/mol. The van der Waals surface area contributed by atoms with Gasteiger partial charge in [-0.25, -0.2) is 4.79 Å². The minimum Gasteiger partial charge on any atom is -0.493 e. The lowest BCUT2D eigenvalue weighted by molar-refractivity contribution is 0.158. The molecule has 1 N–H and O–H groups in total. The van der Waals surface area contributed by atoms with Crippen molar-refractivity contribution in [2.45, 2.75) is 12.5 Å². The number of hydrogen-bond acceptors (Lipinski definition) is 4. The third-order valence-electron chi connectivity index (χ3n) is 2.49. The van der Waals surface area contributed by atoms with E-state index in [9.17, 15) is 9.90 Å². The molecule has 1 heterocycles. The van der Waals surface area contributed by atoms with Crippen molar-refractivity contribution in [1.29, 1.82) is 0 Å². The molecule has 0 saturated carbocycles. The largest absolute Gasteiger partial charge is 0.493 e. The lowest BCUT2D eigenvalue weighted by Gasteiger charge is -2.09. The molecule has 96 valence electrons. The third kappa shape index (κ3) is 3.24. The predicted molar refractivity (Wildman–Crippen MR) is 69.3 cm³/mol. The summed E-state index contributed by atoms with van der Waals surface area (Å²) in [5.74, 6) is 0.786. The average Bonchev–Trinajstić information content (AvgIpc) is 2.38. The van der Waals surface area contributed by atoms with E-state index in [1.54, 1.807) is 18.2 Å². The van der Waals surface area contributed by atoms with Crippen molar-refractivity contribution in [2.75, 3.05) is 12.5 Å². The second-order valence-corrected chi connectivity index (χ2v) is 4.21. The van der Waals surface area contributed by atoms with E-state index in [-0.39, 0.29) is 5.88 Å². The first kappa shape index (κ1) is 12.9. The highest BCUT2D eigenvalue weighted by atomic mass is 35.5. The normalized spacial score (nSPS) is 12.6. The van der Waals surface area contributed by atoms with E-state index < -0.39 is 11.7 Å². The molecule has 18 heavy (non-hydrogen) atoms. The molecule has 4 nitrogen and oxygen atoms in total. The van der Waals surface area contributed by atoms with Gasteiger partial charge in [0.15, 0.2) is 0 Å². The van der Waals surface area contributed by atoms with Crippen LogP contribution in [0.25, 0.3) is 11.0 Å². The first-order valence-electron chi connectivity index (χ1n) is 5.60. The Balaban J connectivity index is 2.07. The number of hydrogen-bond donors (Lipinski definition) is 1. The summed E-state index contributed by atoms with van der Waals surface area (Å²) in [6.45, 7) is 0.358. The molecule has 0 unspecified atom stereocenters. The minimum atomic E-state index is -0.565. The Morgan fingerprint density at radius 2 is 2.11 bits per heavy atom. The predicted octanol–water partition coefficient (Wildman–Crippen LogP) is 2.16. The van der Waals surface area contributed by atoms with Gasteiger partial charge in [-0.3, -0.25) is 0 Å². The van der Waals surface area contributed by atoms with Crippen LogP contribution in [0.15, 0.2) is 39.5 Å². The number of fused-ring (bicyclic) bond motifs is 1. The quantitative estimate of drug-likeness (QED) is 0.667. The summed E-state index contributed by atoms with van der Waals surface area (Å²) >= 11 is 5.47. The van der Waals surface area contributed by atoms with Gasteiger partial charge in [-0.15, -0.1) is 11.6 Å². The maximum Gasteiger partial charge on any atom is 0.336 e. The summed E-state index contributed by atoms with van der Waals surface area (Å²) in [6, 6.07) is 8.33. The second kappa shape index (κ2) is 5.89. The van der Waals surface area contributed by atoms with Gasteiger partial charge in [0.25, 0.3) is 0 Å². The zero-order chi connectivity index (χ0) is 13.0. The van der Waals surface area contributed by atoms with Crippen LogP contribution in [0.2, 0.25) is 0 Å². The summed E-state index contributed by atoms with van der Waals surface area (Å²) in [4.78, 5) is 11.1. The molecule has 1 aromatic carbocycles. The molecule has 0 radical (unpaired) electrons. The molecule has 0 aliphatic carbocycles. The van der Waals surface area contributed by atoms with Crippen LogP contribution in [0.3, 0.4) is 0 Å². The molecule has 0 fully saturated rings. The van der Waals surface area contributed by atoms with Crippen LogP contribution in [-0.2, 0) is 0 Å². The van der Waals surface area contributed by atoms with Crippen LogP contribution in [0.5, 0.6) is 5.75 Å². The zero-order valence-corrected chi connectivity index (χ0v) is 10.4. The fourth-order valence-electron chi connectivity index (χ4n) is 1.52. The molecule has 2 rings (SSSR count). The van der Waals surface area contributed by atoms with E-state index in [1.165, 1.54) is 6.07 Å². The Hall–Kier alpha value is -1.52. The number of alkyl halides is 1. The number of ether oxygens (including phenoxy) is 1. The van der Waals surface area contributed by atoms with Gasteiger partial charge in [0.1, 0.15) is 11.3 Å². The van der Waals surface area contributed by atoms with Crippen LogP contribution in [-0.4, -0.2) is 23.7 Å². The topological polar surface area (TPSA) is 59.7 Å². The van der Waals surface area contributed by atoms with E-state index in [0.29, 0.717) is 24.4 Å². The Bertz CT molecular complexity index is 578. The summed E-state index contributed by atoms with van der Waals surface area (Å²) in [6.07, 6.45) is -0.106. The number of rotatable bonds is 5. The highest BCUT2D eigenvalue weighted by molar-refractivity contribution is 6.18. The smallest absolute Gasteiger partial charge is 0.336 e. The van der Waals surface area contributed by atoms with Crippen LogP contribution in [0.1, 0.15) is 6.42 Å². The van der Waals surface area contributed by atoms with Gasteiger partial charge in [0, 0.05) is 29.8 Å². The minimum absolute atomic E-state index is 0.190. The molecular formula is C13H13ClO4. The molecule has 1 aromatic heterocycles. The van der Waals surface area contributed by atoms with Gasteiger partial charge in [-0.2, -0.15) is 0 Å². The lowest BCUT2D eigenvalue weighted by atomic mass is 10.2. The first-order chi connectivity index (χ1) is 8.69. The van der Waals surface area contributed by atoms with Crippen molar-refractivity contribution in [1.82, 2.24) is 0 Å². The summed E-state index contributed by atoms with van der Waals surface area (Å²) in [7, 11) is 0. The highest BCUT2D eigenvalue weighted by Gasteiger charge is 2.03. The van der Waals surface area contributed by atoms with Crippen molar-refractivity contribution >= 4 is 22.6 Å². The monoisotopic (exact) mass is 268 g/mol. The molecule has 0 amide bonds. The van der Waals surface area contributed by atoms with E-state index >= 15 is 0 Å². The van der Waals surface area contributed by atoms with E-state index in [1.807, 2.05) is 6.07 Å². The second-order valence-electron chi connectivity index (χ2n) is 3.90. The van der Waals surface area contributed by atoms with E-state index in [4.69, 9.17) is 20.8 Å². The lowest BCUT2D eigenvalue weighted by Crippen LogP contribution is -2.13. The van der Waals surface area contributed by atoms with Crippen LogP contribution >= 0.6 is 11.6 Å². The van der Waals surface area contributed by atoms with Gasteiger partial charge in [-0.1, -0.05) is 0 Å². The van der Waals surface area contributed by atoms with Crippen LogP contribution in [0, 0.1) is 0 Å². The van der Waals surface area contributed by atoms with Gasteiger partial charge in [-0.05, 0) is 18.2 Å². The number of aliphatic hydroxyl groups excluding tert-OH is 1. The average molecular weight is 269 g/mol. The Morgan fingerprint density at radius 3 is 2.89 bits per heavy atom. The van der Waals surface area contributed by atoms with E-state index in [2.05, 4.69) is 0 Å². The maximum atomic E-state index is 11.1. The number of halogens is 1. The molecule has 1 atom stereocenters. The standard InChI is InChI=1S/C13H13ClO4/c14-8-10(15)5-6-17-11-3-1-9-2-4-13(16)18-12(9)7-11/h1-4,7,10,15H,5-6,8H2/t10-/m0/s1. The van der Waals surface area contributed by atoms with Crippen molar-refractivity contribution in [3.63, 3.8) is 0 Å². The zero-order valence-electron chi connectivity index (χ0n) is 9.64. The third-order valence-corrected chi connectivity index (χ3v) is 2.85. The highest BCUT2D eigenvalue weighted by Crippen LogP contribution is 2.19. The van der Waals surface area contributed by atoms with Gasteiger partial charge in [0.05, 0.1) is 12.7 Å². The van der Waals surface area contributed by atoms with Crippen molar-refractivity contribution in [2.24, 2.45) is 0 Å². The molecule has 0 bridgehead atoms. The molecule has 0 aliphatic heterocycles. The maximum absolute atomic E-state index is 11.1. The van der Waals surface area contributed by atoms with Crippen molar-refractivity contribution in [3.8, 4) is 5.75 Å². The Labute approximate surface area is 109 Å². The van der Waals surface area contributed by atoms with Gasteiger partial charge in [0.2, 0.25) is 0 Å². The fourth-order valence-corrected chi connectivity index (χ4v) is 1.68. The van der Waals surface area contributed by atoms with Gasteiger partial charge >= 0.3 is 5.63 Å². The summed E-state index contributed by atoms with van der Waals surface area (Å²) < 4.78 is 10.5. The molecule has 0 spiro atoms. The number of aliphatic hydroxyl groups is 1. The van der Waals surface area contributed by atoms with Crippen molar-refractivity contribution < 1.29 is 14.3 Å². The SMILES string of the molecule is O=c1ccc2ccc(OCC[C@H](O)CCl)cc2o1. The van der Waals surface area contributed by atoms with Gasteiger partial charge < -0.3 is 14.3 Å². The van der Waals surface area contributed by atoms with Crippen LogP contribution < -0.4 is 10.4 Å². The van der Waals surface area contributed by atoms with E-state index in [0.717, 1.165) is 5.39 Å². The Kier molecular flexibility index (Phi) is 4.23. The molecule has 2 aromatic rings. The summed E-state index contributed by atoms with van der Waals surface area (Å²) in [5.41, 5.74) is 0.0927. The number of benzene rings is 1.